The van der Waals surface area contributed by atoms with Crippen LogP contribution in [-0.4, -0.2) is 10.9 Å². The van der Waals surface area contributed by atoms with E-state index in [1.54, 1.807) is 24.4 Å². The number of fused-ring (bicyclic) bond motifs is 1. The number of amides is 1. The largest absolute Gasteiger partial charge is 0.298 e. The number of pyridine rings is 1. The molecule has 1 aromatic heterocycles. The highest BCUT2D eigenvalue weighted by atomic mass is 19.1. The molecule has 1 aliphatic carbocycles. The molecule has 2 N–H and O–H groups in total. The molecule has 1 fully saturated rings. The number of aromatic nitrogens is 1. The molecule has 0 atom stereocenters. The van der Waals surface area contributed by atoms with E-state index < -0.39 is 5.41 Å². The number of nitrogens with one attached hydrogen (secondary N) is 2. The van der Waals surface area contributed by atoms with Crippen LogP contribution in [0.4, 0.5) is 10.1 Å². The van der Waals surface area contributed by atoms with Gasteiger partial charge >= 0.3 is 0 Å². The number of nitrogens with zero attached hydrogens (tertiary/aromatic N) is 1. The van der Waals surface area contributed by atoms with Gasteiger partial charge in [-0.05, 0) is 43.2 Å². The monoisotopic (exact) mass is 363 g/mol. The minimum Gasteiger partial charge on any atom is -0.298 e. The summed E-state index contributed by atoms with van der Waals surface area (Å²) >= 11 is 0. The Balaban J connectivity index is 1.62. The molecule has 1 amide bonds. The lowest BCUT2D eigenvalue weighted by Gasteiger charge is -2.36. The van der Waals surface area contributed by atoms with Gasteiger partial charge in [0.2, 0.25) is 5.91 Å². The summed E-state index contributed by atoms with van der Waals surface area (Å²) < 4.78 is 14.5. The normalized spacial score (nSPS) is 16.0. The molecule has 4 rings (SSSR count). The molecule has 4 nitrogen and oxygen atoms in total. The van der Waals surface area contributed by atoms with Crippen LogP contribution in [0.5, 0.6) is 0 Å². The van der Waals surface area contributed by atoms with Gasteiger partial charge in [-0.2, -0.15) is 0 Å². The summed E-state index contributed by atoms with van der Waals surface area (Å²) in [6, 6.07) is 16.1. The zero-order valence-corrected chi connectivity index (χ0v) is 15.0. The van der Waals surface area contributed by atoms with Crippen LogP contribution in [0.25, 0.3) is 10.9 Å². The van der Waals surface area contributed by atoms with Gasteiger partial charge in [-0.15, -0.1) is 0 Å². The Labute approximate surface area is 157 Å². The van der Waals surface area contributed by atoms with Gasteiger partial charge in [0.25, 0.3) is 0 Å². The maximum absolute atomic E-state index is 14.5. The molecule has 0 aliphatic heterocycles. The predicted octanol–water partition coefficient (Wildman–Crippen LogP) is 4.72. The number of anilines is 1. The van der Waals surface area contributed by atoms with Crippen molar-refractivity contribution < 1.29 is 9.18 Å². The summed E-state index contributed by atoms with van der Waals surface area (Å²) in [5, 5.41) is 0.920. The smallest absolute Gasteiger partial charge is 0.249 e. The fourth-order valence-electron chi connectivity index (χ4n) is 4.08. The Kier molecular flexibility index (Phi) is 4.75. The Hall–Kier alpha value is -2.95. The molecule has 1 saturated carbocycles. The standard InChI is InChI=1S/C22H22FN3O/c23-18-10-3-2-9-17(18)22(13-4-1-5-14-22)21(27)26-25-20-12-6-11-19-16(20)8-7-15-24-19/h2-3,6-12,15,25H,1,4-5,13-14H2,(H,26,27). The third-order valence-corrected chi connectivity index (χ3v) is 5.49. The van der Waals surface area contributed by atoms with E-state index in [0.717, 1.165) is 35.9 Å². The minimum atomic E-state index is -0.834. The van der Waals surface area contributed by atoms with Crippen molar-refractivity contribution in [3.05, 3.63) is 72.2 Å². The van der Waals surface area contributed by atoms with Crippen molar-refractivity contribution in [1.82, 2.24) is 10.4 Å². The second kappa shape index (κ2) is 7.35. The zero-order valence-electron chi connectivity index (χ0n) is 15.0. The van der Waals surface area contributed by atoms with E-state index in [2.05, 4.69) is 15.8 Å². The van der Waals surface area contributed by atoms with Crippen LogP contribution in [0, 0.1) is 5.82 Å². The van der Waals surface area contributed by atoms with Crippen molar-refractivity contribution in [3.63, 3.8) is 0 Å². The van der Waals surface area contributed by atoms with Crippen molar-refractivity contribution in [3.8, 4) is 0 Å². The molecule has 2 aromatic carbocycles. The zero-order chi connectivity index (χ0) is 18.7. The Morgan fingerprint density at radius 1 is 0.963 bits per heavy atom. The first-order chi connectivity index (χ1) is 13.2. The lowest BCUT2D eigenvalue weighted by atomic mass is 9.68. The van der Waals surface area contributed by atoms with Crippen LogP contribution in [0.3, 0.4) is 0 Å². The number of carbonyl (C=O) groups excluding carboxylic acids is 1. The lowest BCUT2D eigenvalue weighted by Crippen LogP contribution is -2.48. The van der Waals surface area contributed by atoms with Crippen LogP contribution in [0.2, 0.25) is 0 Å². The number of benzene rings is 2. The van der Waals surface area contributed by atoms with Crippen LogP contribution in [0.15, 0.2) is 60.8 Å². The molecule has 0 saturated heterocycles. The fraction of sp³-hybridized carbons (Fsp3) is 0.273. The Morgan fingerprint density at radius 2 is 1.78 bits per heavy atom. The lowest BCUT2D eigenvalue weighted by molar-refractivity contribution is -0.127. The van der Waals surface area contributed by atoms with Gasteiger partial charge in [-0.1, -0.05) is 43.5 Å². The van der Waals surface area contributed by atoms with Crippen molar-refractivity contribution in [2.45, 2.75) is 37.5 Å². The highest BCUT2D eigenvalue weighted by Crippen LogP contribution is 2.40. The third kappa shape index (κ3) is 3.25. The van der Waals surface area contributed by atoms with Gasteiger partial charge in [0.15, 0.2) is 0 Å². The van der Waals surface area contributed by atoms with E-state index in [9.17, 15) is 9.18 Å². The van der Waals surface area contributed by atoms with Crippen LogP contribution in [-0.2, 0) is 10.2 Å². The Bertz CT molecular complexity index is 961. The number of hydrogen-bond acceptors (Lipinski definition) is 3. The highest BCUT2D eigenvalue weighted by molar-refractivity contribution is 5.94. The molecule has 1 heterocycles. The van der Waals surface area contributed by atoms with Gasteiger partial charge in [-0.3, -0.25) is 20.6 Å². The summed E-state index contributed by atoms with van der Waals surface area (Å²) in [4.78, 5) is 17.6. The number of halogens is 1. The minimum absolute atomic E-state index is 0.187. The molecule has 0 spiro atoms. The molecule has 0 bridgehead atoms. The summed E-state index contributed by atoms with van der Waals surface area (Å²) in [7, 11) is 0. The van der Waals surface area contributed by atoms with E-state index in [1.807, 2.05) is 30.3 Å². The highest BCUT2D eigenvalue weighted by Gasteiger charge is 2.42. The molecule has 5 heteroatoms. The topological polar surface area (TPSA) is 54.0 Å². The van der Waals surface area contributed by atoms with Crippen LogP contribution >= 0.6 is 0 Å². The van der Waals surface area contributed by atoms with Gasteiger partial charge in [0, 0.05) is 17.1 Å². The molecule has 3 aromatic rings. The first kappa shape index (κ1) is 17.5. The summed E-state index contributed by atoms with van der Waals surface area (Å²) in [6.45, 7) is 0. The van der Waals surface area contributed by atoms with Gasteiger partial charge < -0.3 is 0 Å². The number of hydrazine groups is 1. The maximum Gasteiger partial charge on any atom is 0.249 e. The number of carbonyl (C=O) groups is 1. The van der Waals surface area contributed by atoms with Crippen LogP contribution in [0.1, 0.15) is 37.7 Å². The second-order valence-electron chi connectivity index (χ2n) is 7.08. The SMILES string of the molecule is O=C(NNc1cccc2ncccc12)C1(c2ccccc2F)CCCCC1. The average molecular weight is 363 g/mol. The Morgan fingerprint density at radius 3 is 2.59 bits per heavy atom. The van der Waals surface area contributed by atoms with Crippen molar-refractivity contribution >= 4 is 22.5 Å². The summed E-state index contributed by atoms with van der Waals surface area (Å²) in [5.41, 5.74) is 7.15. The molecule has 0 radical (unpaired) electrons. The van der Waals surface area contributed by atoms with E-state index >= 15 is 0 Å². The first-order valence-electron chi connectivity index (χ1n) is 9.36. The molecular formula is C22H22FN3O. The quantitative estimate of drug-likeness (QED) is 0.660. The number of rotatable bonds is 4. The van der Waals surface area contributed by atoms with Crippen LogP contribution < -0.4 is 10.9 Å². The number of hydrogen-bond donors (Lipinski definition) is 2. The van der Waals surface area contributed by atoms with Crippen molar-refractivity contribution in [1.29, 1.82) is 0 Å². The molecule has 138 valence electrons. The van der Waals surface area contributed by atoms with E-state index in [1.165, 1.54) is 6.07 Å². The summed E-state index contributed by atoms with van der Waals surface area (Å²) in [6.07, 6.45) is 5.95. The van der Waals surface area contributed by atoms with Gasteiger partial charge in [0.05, 0.1) is 16.6 Å². The van der Waals surface area contributed by atoms with E-state index in [-0.39, 0.29) is 11.7 Å². The van der Waals surface area contributed by atoms with E-state index in [4.69, 9.17) is 0 Å². The third-order valence-electron chi connectivity index (χ3n) is 5.49. The molecule has 1 aliphatic rings. The van der Waals surface area contributed by atoms with Crippen molar-refractivity contribution in [2.75, 3.05) is 5.43 Å². The van der Waals surface area contributed by atoms with Crippen molar-refractivity contribution in [2.24, 2.45) is 0 Å². The van der Waals surface area contributed by atoms with Gasteiger partial charge in [-0.25, -0.2) is 4.39 Å². The molecule has 0 unspecified atom stereocenters. The molecular weight excluding hydrogens is 341 g/mol. The van der Waals surface area contributed by atoms with Gasteiger partial charge in [0.1, 0.15) is 5.82 Å². The predicted molar refractivity (Wildman–Crippen MR) is 105 cm³/mol. The fourth-order valence-corrected chi connectivity index (χ4v) is 4.08. The summed E-state index contributed by atoms with van der Waals surface area (Å²) in [5.74, 6) is -0.503. The van der Waals surface area contributed by atoms with E-state index in [0.29, 0.717) is 18.4 Å². The molecule has 27 heavy (non-hydrogen) atoms. The average Bonchev–Trinajstić information content (AvgIpc) is 2.72. The maximum atomic E-state index is 14.5. The first-order valence-corrected chi connectivity index (χ1v) is 9.36. The second-order valence-corrected chi connectivity index (χ2v) is 7.08.